The molecule has 0 aliphatic carbocycles. The molecule has 0 bridgehead atoms. The zero-order chi connectivity index (χ0) is 23.8. The number of amides is 1. The molecule has 176 valence electrons. The summed E-state index contributed by atoms with van der Waals surface area (Å²) in [6, 6.07) is 23.3. The highest BCUT2D eigenvalue weighted by molar-refractivity contribution is 6.30. The number of rotatable bonds is 11. The molecule has 0 radical (unpaired) electrons. The minimum Gasteiger partial charge on any atom is -0.492 e. The van der Waals surface area contributed by atoms with Crippen LogP contribution in [0.15, 0.2) is 72.8 Å². The molecule has 0 saturated heterocycles. The van der Waals surface area contributed by atoms with E-state index in [9.17, 15) is 4.79 Å². The molecule has 1 aromatic heterocycles. The van der Waals surface area contributed by atoms with E-state index in [1.54, 1.807) is 0 Å². The summed E-state index contributed by atoms with van der Waals surface area (Å²) in [5.41, 5.74) is 3.88. The van der Waals surface area contributed by atoms with E-state index in [1.807, 2.05) is 67.6 Å². The van der Waals surface area contributed by atoms with Crippen LogP contribution >= 0.6 is 11.6 Å². The van der Waals surface area contributed by atoms with E-state index in [-0.39, 0.29) is 5.91 Å². The molecule has 0 saturated carbocycles. The Morgan fingerprint density at radius 2 is 1.74 bits per heavy atom. The van der Waals surface area contributed by atoms with Gasteiger partial charge in [-0.2, -0.15) is 0 Å². The minimum absolute atomic E-state index is 0.000537. The Morgan fingerprint density at radius 1 is 0.971 bits per heavy atom. The molecule has 0 aliphatic heterocycles. The molecule has 0 fully saturated rings. The van der Waals surface area contributed by atoms with E-state index in [0.29, 0.717) is 18.2 Å². The topological polar surface area (TPSA) is 56.2 Å². The third-order valence-corrected chi connectivity index (χ3v) is 6.14. The van der Waals surface area contributed by atoms with Gasteiger partial charge in [-0.15, -0.1) is 0 Å². The molecule has 6 heteroatoms. The largest absolute Gasteiger partial charge is 0.492 e. The van der Waals surface area contributed by atoms with E-state index in [4.69, 9.17) is 21.3 Å². The normalized spacial score (nSPS) is 11.0. The molecule has 1 heterocycles. The van der Waals surface area contributed by atoms with Gasteiger partial charge >= 0.3 is 0 Å². The van der Waals surface area contributed by atoms with Crippen LogP contribution in [0.25, 0.3) is 11.0 Å². The predicted molar refractivity (Wildman–Crippen MR) is 138 cm³/mol. The summed E-state index contributed by atoms with van der Waals surface area (Å²) in [6.07, 6.45) is 3.87. The fraction of sp³-hybridized carbons (Fsp3) is 0.286. The highest BCUT2D eigenvalue weighted by Crippen LogP contribution is 2.19. The van der Waals surface area contributed by atoms with Crippen molar-refractivity contribution in [2.75, 3.05) is 13.2 Å². The number of halogens is 1. The number of nitrogens with one attached hydrogen (secondary N) is 1. The summed E-state index contributed by atoms with van der Waals surface area (Å²) >= 11 is 5.95. The number of benzene rings is 3. The number of carbonyl (C=O) groups excluding carboxylic acids is 1. The number of para-hydroxylation sites is 2. The predicted octanol–water partition coefficient (Wildman–Crippen LogP) is 6.22. The zero-order valence-electron chi connectivity index (χ0n) is 19.5. The van der Waals surface area contributed by atoms with Crippen LogP contribution in [-0.2, 0) is 13.0 Å². The Bertz CT molecular complexity index is 1230. The summed E-state index contributed by atoms with van der Waals surface area (Å²) in [4.78, 5) is 17.2. The zero-order valence-corrected chi connectivity index (χ0v) is 20.2. The average molecular weight is 476 g/mol. The van der Waals surface area contributed by atoms with Crippen LogP contribution in [0, 0.1) is 6.92 Å². The number of aromatic nitrogens is 2. The van der Waals surface area contributed by atoms with Crippen molar-refractivity contribution in [1.29, 1.82) is 0 Å². The van der Waals surface area contributed by atoms with Crippen molar-refractivity contribution in [2.24, 2.45) is 0 Å². The van der Waals surface area contributed by atoms with Gasteiger partial charge in [0.1, 0.15) is 18.2 Å². The fourth-order valence-electron chi connectivity index (χ4n) is 4.06. The molecule has 1 amide bonds. The fourth-order valence-corrected chi connectivity index (χ4v) is 4.19. The lowest BCUT2D eigenvalue weighted by molar-refractivity contribution is 0.0952. The third-order valence-electron chi connectivity index (χ3n) is 5.88. The molecule has 0 spiro atoms. The molecular formula is C28H30ClN3O2. The first-order chi connectivity index (χ1) is 16.6. The monoisotopic (exact) mass is 475 g/mol. The number of imidazole rings is 1. The third kappa shape index (κ3) is 6.17. The second kappa shape index (κ2) is 11.7. The van der Waals surface area contributed by atoms with Gasteiger partial charge < -0.3 is 14.6 Å². The first-order valence-corrected chi connectivity index (χ1v) is 12.2. The summed E-state index contributed by atoms with van der Waals surface area (Å²) in [5, 5.41) is 3.73. The van der Waals surface area contributed by atoms with Crippen LogP contribution in [0.3, 0.4) is 0 Å². The molecule has 1 N–H and O–H groups in total. The number of hydrogen-bond acceptors (Lipinski definition) is 3. The molecule has 5 nitrogen and oxygen atoms in total. The molecule has 4 aromatic rings. The highest BCUT2D eigenvalue weighted by atomic mass is 35.5. The SMILES string of the molecule is Cc1ccccc1C(=O)NCCCCCc1nc2ccccc2n1CCOc1ccc(Cl)cc1. The van der Waals surface area contributed by atoms with Crippen molar-refractivity contribution < 1.29 is 9.53 Å². The van der Waals surface area contributed by atoms with Crippen LogP contribution in [0.1, 0.15) is 41.0 Å². The Kier molecular flexibility index (Phi) is 8.21. The number of aryl methyl sites for hydroxylation is 2. The van der Waals surface area contributed by atoms with Crippen LogP contribution in [-0.4, -0.2) is 28.6 Å². The summed E-state index contributed by atoms with van der Waals surface area (Å²) in [7, 11) is 0. The summed E-state index contributed by atoms with van der Waals surface area (Å²) in [6.45, 7) is 3.92. The minimum atomic E-state index is 0.000537. The van der Waals surface area contributed by atoms with Crippen LogP contribution in [0.4, 0.5) is 0 Å². The van der Waals surface area contributed by atoms with Crippen LogP contribution in [0.5, 0.6) is 5.75 Å². The molecule has 3 aromatic carbocycles. The molecule has 0 atom stereocenters. The number of hydrogen-bond donors (Lipinski definition) is 1. The van der Waals surface area contributed by atoms with E-state index < -0.39 is 0 Å². The lowest BCUT2D eigenvalue weighted by atomic mass is 10.1. The number of carbonyl (C=O) groups is 1. The second-order valence-electron chi connectivity index (χ2n) is 8.35. The molecule has 4 rings (SSSR count). The van der Waals surface area contributed by atoms with E-state index in [2.05, 4.69) is 22.0 Å². The van der Waals surface area contributed by atoms with Crippen molar-refractivity contribution in [3.8, 4) is 5.75 Å². The molecule has 0 unspecified atom stereocenters. The van der Waals surface area contributed by atoms with Crippen molar-refractivity contribution in [1.82, 2.24) is 14.9 Å². The van der Waals surface area contributed by atoms with Gasteiger partial charge in [-0.1, -0.05) is 48.4 Å². The van der Waals surface area contributed by atoms with Gasteiger partial charge in [0.25, 0.3) is 5.91 Å². The van der Waals surface area contributed by atoms with Crippen molar-refractivity contribution in [2.45, 2.75) is 39.2 Å². The van der Waals surface area contributed by atoms with Crippen molar-refractivity contribution >= 4 is 28.5 Å². The first-order valence-electron chi connectivity index (χ1n) is 11.8. The molecular weight excluding hydrogens is 446 g/mol. The van der Waals surface area contributed by atoms with Crippen molar-refractivity contribution in [3.05, 3.63) is 94.8 Å². The number of nitrogens with zero attached hydrogens (tertiary/aromatic N) is 2. The smallest absolute Gasteiger partial charge is 0.251 e. The quantitative estimate of drug-likeness (QED) is 0.262. The van der Waals surface area contributed by atoms with E-state index in [1.165, 1.54) is 0 Å². The van der Waals surface area contributed by atoms with Crippen molar-refractivity contribution in [3.63, 3.8) is 0 Å². The summed E-state index contributed by atoms with van der Waals surface area (Å²) in [5.74, 6) is 1.88. The van der Waals surface area contributed by atoms with Gasteiger partial charge in [0.05, 0.1) is 17.6 Å². The molecule has 0 aliphatic rings. The van der Waals surface area contributed by atoms with E-state index in [0.717, 1.165) is 66.0 Å². The Morgan fingerprint density at radius 3 is 2.56 bits per heavy atom. The Balaban J connectivity index is 1.27. The van der Waals surface area contributed by atoms with Gasteiger partial charge in [-0.3, -0.25) is 4.79 Å². The van der Waals surface area contributed by atoms with Gasteiger partial charge in [-0.25, -0.2) is 4.98 Å². The molecule has 34 heavy (non-hydrogen) atoms. The van der Waals surface area contributed by atoms with Gasteiger partial charge in [0.15, 0.2) is 0 Å². The van der Waals surface area contributed by atoms with Gasteiger partial charge in [-0.05, 0) is 67.8 Å². The maximum Gasteiger partial charge on any atom is 0.251 e. The number of ether oxygens (including phenoxy) is 1. The highest BCUT2D eigenvalue weighted by Gasteiger charge is 2.11. The van der Waals surface area contributed by atoms with Gasteiger partial charge in [0.2, 0.25) is 0 Å². The number of fused-ring (bicyclic) bond motifs is 1. The van der Waals surface area contributed by atoms with Gasteiger partial charge in [0, 0.05) is 23.6 Å². The standard InChI is InChI=1S/C28H30ClN3O2/c1-21-9-4-5-10-24(21)28(33)30-18-8-2-3-13-27-31-25-11-6-7-12-26(25)32(27)19-20-34-23-16-14-22(29)15-17-23/h4-7,9-12,14-17H,2-3,8,13,18-20H2,1H3,(H,30,33). The Hall–Kier alpha value is -3.31. The summed E-state index contributed by atoms with van der Waals surface area (Å²) < 4.78 is 8.17. The number of unbranched alkanes of at least 4 members (excludes halogenated alkanes) is 2. The maximum atomic E-state index is 12.3. The maximum absolute atomic E-state index is 12.3. The van der Waals surface area contributed by atoms with Crippen LogP contribution < -0.4 is 10.1 Å². The lowest BCUT2D eigenvalue weighted by Gasteiger charge is -2.11. The first kappa shape index (κ1) is 23.8. The average Bonchev–Trinajstić information content (AvgIpc) is 3.20. The lowest BCUT2D eigenvalue weighted by Crippen LogP contribution is -2.25. The second-order valence-corrected chi connectivity index (χ2v) is 8.79. The van der Waals surface area contributed by atoms with Crippen LogP contribution in [0.2, 0.25) is 5.02 Å². The Labute approximate surface area is 205 Å². The van der Waals surface area contributed by atoms with E-state index >= 15 is 0 Å².